The van der Waals surface area contributed by atoms with Crippen molar-refractivity contribution in [2.24, 2.45) is 0 Å². The summed E-state index contributed by atoms with van der Waals surface area (Å²) < 4.78 is 6.14. The molecule has 0 aliphatic rings. The van der Waals surface area contributed by atoms with Gasteiger partial charge in [-0.25, -0.2) is 0 Å². The van der Waals surface area contributed by atoms with E-state index in [1.165, 1.54) is 0 Å². The molecule has 4 nitrogen and oxygen atoms in total. The van der Waals surface area contributed by atoms with Gasteiger partial charge in [-0.3, -0.25) is 4.79 Å². The Kier molecular flexibility index (Phi) is 5.83. The van der Waals surface area contributed by atoms with Crippen LogP contribution in [-0.4, -0.2) is 26.1 Å². The average Bonchev–Trinajstić information content (AvgIpc) is 2.34. The van der Waals surface area contributed by atoms with Crippen LogP contribution in [0.15, 0.2) is 22.7 Å². The van der Waals surface area contributed by atoms with Crippen LogP contribution in [0.1, 0.15) is 13.3 Å². The number of rotatable bonds is 6. The number of amides is 1. The Morgan fingerprint density at radius 3 is 2.88 bits per heavy atom. The Morgan fingerprint density at radius 2 is 2.24 bits per heavy atom. The van der Waals surface area contributed by atoms with Crippen LogP contribution in [0.25, 0.3) is 0 Å². The lowest BCUT2D eigenvalue weighted by Crippen LogP contribution is -2.30. The lowest BCUT2D eigenvalue weighted by atomic mass is 10.3. The van der Waals surface area contributed by atoms with Crippen LogP contribution in [0.2, 0.25) is 0 Å². The van der Waals surface area contributed by atoms with Crippen LogP contribution >= 0.6 is 15.9 Å². The number of benzene rings is 1. The summed E-state index contributed by atoms with van der Waals surface area (Å²) in [6.45, 7) is 2.97. The fourth-order valence-electron chi connectivity index (χ4n) is 1.32. The van der Waals surface area contributed by atoms with Gasteiger partial charge < -0.3 is 15.4 Å². The normalized spacial score (nSPS) is 9.82. The van der Waals surface area contributed by atoms with Gasteiger partial charge in [0, 0.05) is 11.0 Å². The molecule has 0 fully saturated rings. The summed E-state index contributed by atoms with van der Waals surface area (Å²) in [6.07, 6.45) is 0.936. The van der Waals surface area contributed by atoms with Crippen molar-refractivity contribution in [2.75, 3.05) is 25.5 Å². The Labute approximate surface area is 110 Å². The highest BCUT2D eigenvalue weighted by Gasteiger charge is 2.05. The van der Waals surface area contributed by atoms with Gasteiger partial charge >= 0.3 is 0 Å². The Morgan fingerprint density at radius 1 is 1.47 bits per heavy atom. The first-order valence-corrected chi connectivity index (χ1v) is 6.30. The van der Waals surface area contributed by atoms with Crippen molar-refractivity contribution < 1.29 is 9.53 Å². The molecule has 0 aromatic heterocycles. The first-order chi connectivity index (χ1) is 8.17. The Bertz CT molecular complexity index is 383. The van der Waals surface area contributed by atoms with Crippen LogP contribution < -0.4 is 15.4 Å². The second-order valence-corrected chi connectivity index (χ2v) is 4.46. The van der Waals surface area contributed by atoms with Crippen LogP contribution in [0.5, 0.6) is 5.75 Å². The van der Waals surface area contributed by atoms with E-state index >= 15 is 0 Å². The Hall–Kier alpha value is -1.23. The molecular formula is C12H17BrN2O2. The highest BCUT2D eigenvalue weighted by Crippen LogP contribution is 2.27. The van der Waals surface area contributed by atoms with Crippen LogP contribution in [0, 0.1) is 0 Å². The molecule has 0 saturated heterocycles. The molecule has 0 heterocycles. The zero-order chi connectivity index (χ0) is 12.7. The second kappa shape index (κ2) is 7.17. The van der Waals surface area contributed by atoms with Gasteiger partial charge in [0.1, 0.15) is 5.75 Å². The number of hydrogen-bond donors (Lipinski definition) is 2. The number of anilines is 1. The molecule has 1 aromatic carbocycles. The van der Waals surface area contributed by atoms with Crippen molar-refractivity contribution in [3.63, 3.8) is 0 Å². The van der Waals surface area contributed by atoms with Gasteiger partial charge in [0.2, 0.25) is 5.91 Å². The van der Waals surface area contributed by atoms with Gasteiger partial charge in [-0.2, -0.15) is 0 Å². The van der Waals surface area contributed by atoms with E-state index < -0.39 is 0 Å². The molecule has 2 N–H and O–H groups in total. The molecule has 0 saturated carbocycles. The van der Waals surface area contributed by atoms with Crippen molar-refractivity contribution in [1.82, 2.24) is 5.32 Å². The summed E-state index contributed by atoms with van der Waals surface area (Å²) >= 11 is 3.38. The third kappa shape index (κ3) is 4.65. The molecule has 0 spiro atoms. The fourth-order valence-corrected chi connectivity index (χ4v) is 1.68. The zero-order valence-corrected chi connectivity index (χ0v) is 11.6. The molecular weight excluding hydrogens is 284 g/mol. The summed E-state index contributed by atoms with van der Waals surface area (Å²) in [6, 6.07) is 5.61. The minimum Gasteiger partial charge on any atom is -0.495 e. The summed E-state index contributed by atoms with van der Waals surface area (Å²) in [5.41, 5.74) is 0.800. The van der Waals surface area contributed by atoms with Gasteiger partial charge in [0.15, 0.2) is 0 Å². The molecule has 0 aliphatic carbocycles. The summed E-state index contributed by atoms with van der Waals surface area (Å²) in [5, 5.41) is 5.85. The first kappa shape index (κ1) is 13.8. The number of carbonyl (C=O) groups excluding carboxylic acids is 1. The van der Waals surface area contributed by atoms with E-state index in [-0.39, 0.29) is 12.5 Å². The zero-order valence-electron chi connectivity index (χ0n) is 10.0. The molecule has 17 heavy (non-hydrogen) atoms. The molecule has 0 atom stereocenters. The van der Waals surface area contributed by atoms with E-state index in [9.17, 15) is 4.79 Å². The molecule has 0 bridgehead atoms. The largest absolute Gasteiger partial charge is 0.495 e. The van der Waals surface area contributed by atoms with Gasteiger partial charge in [-0.15, -0.1) is 0 Å². The maximum Gasteiger partial charge on any atom is 0.239 e. The van der Waals surface area contributed by atoms with E-state index in [2.05, 4.69) is 26.6 Å². The molecule has 0 radical (unpaired) electrons. The monoisotopic (exact) mass is 300 g/mol. The maximum atomic E-state index is 11.4. The van der Waals surface area contributed by atoms with E-state index in [1.807, 2.05) is 25.1 Å². The minimum atomic E-state index is -0.0196. The predicted octanol–water partition coefficient (Wildman–Crippen LogP) is 2.40. The quantitative estimate of drug-likeness (QED) is 0.848. The molecule has 0 aliphatic heterocycles. The Balaban J connectivity index is 2.56. The van der Waals surface area contributed by atoms with Crippen molar-refractivity contribution in [1.29, 1.82) is 0 Å². The number of halogens is 1. The highest BCUT2D eigenvalue weighted by atomic mass is 79.9. The van der Waals surface area contributed by atoms with Gasteiger partial charge in [0.25, 0.3) is 0 Å². The third-order valence-corrected chi connectivity index (χ3v) is 2.67. The lowest BCUT2D eigenvalue weighted by molar-refractivity contribution is -0.119. The van der Waals surface area contributed by atoms with Crippen molar-refractivity contribution >= 4 is 27.5 Å². The average molecular weight is 301 g/mol. The third-order valence-electron chi connectivity index (χ3n) is 2.17. The minimum absolute atomic E-state index is 0.0196. The standard InChI is InChI=1S/C12H17BrN2O2/c1-3-6-14-12(16)8-15-10-7-9(13)4-5-11(10)17-2/h4-5,7,15H,3,6,8H2,1-2H3,(H,14,16). The van der Waals surface area contributed by atoms with Crippen molar-refractivity contribution in [3.8, 4) is 5.75 Å². The summed E-state index contributed by atoms with van der Waals surface area (Å²) in [7, 11) is 1.60. The van der Waals surface area contributed by atoms with Crippen LogP contribution in [0.3, 0.4) is 0 Å². The highest BCUT2D eigenvalue weighted by molar-refractivity contribution is 9.10. The molecule has 1 amide bonds. The topological polar surface area (TPSA) is 50.4 Å². The van der Waals surface area contributed by atoms with Crippen molar-refractivity contribution in [2.45, 2.75) is 13.3 Å². The molecule has 1 rings (SSSR count). The maximum absolute atomic E-state index is 11.4. The second-order valence-electron chi connectivity index (χ2n) is 3.55. The van der Waals surface area contributed by atoms with Crippen LogP contribution in [-0.2, 0) is 4.79 Å². The van der Waals surface area contributed by atoms with E-state index in [0.29, 0.717) is 6.54 Å². The number of ether oxygens (including phenoxy) is 1. The molecule has 5 heteroatoms. The van der Waals surface area contributed by atoms with E-state index in [1.54, 1.807) is 7.11 Å². The lowest BCUT2D eigenvalue weighted by Gasteiger charge is -2.11. The molecule has 1 aromatic rings. The number of methoxy groups -OCH3 is 1. The van der Waals surface area contributed by atoms with Gasteiger partial charge in [0.05, 0.1) is 19.3 Å². The smallest absolute Gasteiger partial charge is 0.239 e. The molecule has 0 unspecified atom stereocenters. The van der Waals surface area contributed by atoms with Crippen molar-refractivity contribution in [3.05, 3.63) is 22.7 Å². The SMILES string of the molecule is CCCNC(=O)CNc1cc(Br)ccc1OC. The molecule has 94 valence electrons. The number of hydrogen-bond acceptors (Lipinski definition) is 3. The fraction of sp³-hybridized carbons (Fsp3) is 0.417. The number of nitrogens with one attached hydrogen (secondary N) is 2. The summed E-state index contributed by atoms with van der Waals surface area (Å²) in [5.74, 6) is 0.699. The van der Waals surface area contributed by atoms with Crippen LogP contribution in [0.4, 0.5) is 5.69 Å². The predicted molar refractivity (Wildman–Crippen MR) is 72.5 cm³/mol. The van der Waals surface area contributed by atoms with E-state index in [0.717, 1.165) is 22.3 Å². The van der Waals surface area contributed by atoms with Gasteiger partial charge in [-0.1, -0.05) is 22.9 Å². The van der Waals surface area contributed by atoms with E-state index in [4.69, 9.17) is 4.74 Å². The first-order valence-electron chi connectivity index (χ1n) is 5.51. The summed E-state index contributed by atoms with van der Waals surface area (Å²) in [4.78, 5) is 11.4. The van der Waals surface area contributed by atoms with Gasteiger partial charge in [-0.05, 0) is 24.6 Å². The number of carbonyl (C=O) groups is 1.